The quantitative estimate of drug-likeness (QED) is 0.118. The number of thiophene rings is 1. The van der Waals surface area contributed by atoms with Gasteiger partial charge in [-0.25, -0.2) is 9.97 Å². The second-order valence-electron chi connectivity index (χ2n) is 17.2. The molecule has 0 fully saturated rings. The molecule has 2 heterocycles. The zero-order chi connectivity index (χ0) is 44.3. The third kappa shape index (κ3) is 6.79. The van der Waals surface area contributed by atoms with Crippen LogP contribution in [0.25, 0.3) is 131 Å². The molecule has 13 aromatic rings. The van der Waals surface area contributed by atoms with Crippen molar-refractivity contribution in [3.8, 4) is 78.4 Å². The first-order valence-electron chi connectivity index (χ1n) is 22.8. The van der Waals surface area contributed by atoms with Crippen molar-refractivity contribution in [3.05, 3.63) is 243 Å². The van der Waals surface area contributed by atoms with Crippen LogP contribution in [0.4, 0.5) is 0 Å². The average molecular weight is 869 g/mol. The van der Waals surface area contributed by atoms with E-state index in [4.69, 9.17) is 9.97 Å². The molecule has 0 aliphatic carbocycles. The summed E-state index contributed by atoms with van der Waals surface area (Å²) in [6.07, 6.45) is 0. The molecule has 0 atom stereocenters. The van der Waals surface area contributed by atoms with Gasteiger partial charge in [0.1, 0.15) is 0 Å². The summed E-state index contributed by atoms with van der Waals surface area (Å²) in [6.45, 7) is 0. The van der Waals surface area contributed by atoms with Gasteiger partial charge in [0, 0.05) is 36.9 Å². The second kappa shape index (κ2) is 16.2. The molecule has 0 saturated carbocycles. The summed E-state index contributed by atoms with van der Waals surface area (Å²) in [5.74, 6) is 0.705. The van der Waals surface area contributed by atoms with E-state index in [-0.39, 0.29) is 0 Å². The predicted molar refractivity (Wildman–Crippen MR) is 285 cm³/mol. The molecule has 0 amide bonds. The van der Waals surface area contributed by atoms with Gasteiger partial charge in [-0.2, -0.15) is 0 Å². The fraction of sp³-hybridized carbons (Fsp3) is 0. The van der Waals surface area contributed by atoms with Gasteiger partial charge in [0.25, 0.3) is 0 Å². The van der Waals surface area contributed by atoms with E-state index in [1.165, 1.54) is 85.9 Å². The monoisotopic (exact) mass is 868 g/mol. The predicted octanol–water partition coefficient (Wildman–Crippen LogP) is 18.0. The molecule has 11 aromatic carbocycles. The Balaban J connectivity index is 0.862. The highest BCUT2D eigenvalue weighted by atomic mass is 32.1. The summed E-state index contributed by atoms with van der Waals surface area (Å²) >= 11 is 1.86. The number of benzene rings is 11. The molecule has 0 aliphatic rings. The zero-order valence-electron chi connectivity index (χ0n) is 36.4. The lowest BCUT2D eigenvalue weighted by Crippen LogP contribution is -1.96. The van der Waals surface area contributed by atoms with Crippen molar-refractivity contribution in [1.29, 1.82) is 0 Å². The summed E-state index contributed by atoms with van der Waals surface area (Å²) in [4.78, 5) is 10.3. The van der Waals surface area contributed by atoms with E-state index >= 15 is 0 Å². The van der Waals surface area contributed by atoms with Crippen molar-refractivity contribution < 1.29 is 0 Å². The first-order chi connectivity index (χ1) is 33.2. The molecule has 0 saturated heterocycles. The van der Waals surface area contributed by atoms with Crippen LogP contribution in [0, 0.1) is 0 Å². The van der Waals surface area contributed by atoms with E-state index in [1.807, 2.05) is 29.5 Å². The van der Waals surface area contributed by atoms with Crippen molar-refractivity contribution in [2.75, 3.05) is 0 Å². The highest BCUT2D eigenvalue weighted by Gasteiger charge is 2.19. The number of rotatable bonds is 7. The normalized spacial score (nSPS) is 11.6. The fourth-order valence-corrected chi connectivity index (χ4v) is 11.3. The summed E-state index contributed by atoms with van der Waals surface area (Å²) in [5, 5.41) is 10.2. The van der Waals surface area contributed by atoms with Gasteiger partial charge in [0.05, 0.1) is 11.4 Å². The average Bonchev–Trinajstić information content (AvgIpc) is 3.80. The molecule has 2 nitrogen and oxygen atoms in total. The van der Waals surface area contributed by atoms with Gasteiger partial charge in [-0.05, 0) is 89.0 Å². The van der Waals surface area contributed by atoms with Crippen LogP contribution in [0.1, 0.15) is 0 Å². The van der Waals surface area contributed by atoms with Gasteiger partial charge in [0.2, 0.25) is 0 Å². The van der Waals surface area contributed by atoms with Crippen LogP contribution in [0.5, 0.6) is 0 Å². The number of hydrogen-bond donors (Lipinski definition) is 0. The van der Waals surface area contributed by atoms with Crippen LogP contribution in [0.15, 0.2) is 243 Å². The highest BCUT2D eigenvalue weighted by molar-refractivity contribution is 7.26. The number of nitrogens with zero attached hydrogens (tertiary/aromatic N) is 2. The molecule has 0 unspecified atom stereocenters. The third-order valence-electron chi connectivity index (χ3n) is 13.3. The number of aromatic nitrogens is 2. The molecule has 0 aliphatic heterocycles. The fourth-order valence-electron chi connectivity index (χ4n) is 10.1. The van der Waals surface area contributed by atoms with E-state index in [0.29, 0.717) is 5.82 Å². The SMILES string of the molecule is c1ccc(-c2nc(-c3ccc(-c4ccc(-c5c6ccccc6c(-c6ccccc6)c6ccc7ccccc7c56)cc4)cc3)cc(-c3ccc(-c4cccc5c4sc4ccccc45)cc3)n2)cc1. The van der Waals surface area contributed by atoms with Crippen molar-refractivity contribution in [1.82, 2.24) is 9.97 Å². The van der Waals surface area contributed by atoms with Gasteiger partial charge < -0.3 is 0 Å². The Hall–Kier alpha value is -8.50. The summed E-state index contributed by atoms with van der Waals surface area (Å²) < 4.78 is 2.63. The molecule has 13 rings (SSSR count). The van der Waals surface area contributed by atoms with Crippen LogP contribution < -0.4 is 0 Å². The van der Waals surface area contributed by atoms with E-state index in [9.17, 15) is 0 Å². The lowest BCUT2D eigenvalue weighted by molar-refractivity contribution is 1.18. The maximum atomic E-state index is 5.15. The molecule has 2 aromatic heterocycles. The minimum absolute atomic E-state index is 0.705. The minimum atomic E-state index is 0.705. The van der Waals surface area contributed by atoms with Gasteiger partial charge in [0.15, 0.2) is 5.82 Å². The summed E-state index contributed by atoms with van der Waals surface area (Å²) in [5.41, 5.74) is 14.6. The first kappa shape index (κ1) is 38.9. The van der Waals surface area contributed by atoms with Crippen LogP contribution in [-0.2, 0) is 0 Å². The molecular weight excluding hydrogens is 829 g/mol. The van der Waals surface area contributed by atoms with E-state index < -0.39 is 0 Å². The van der Waals surface area contributed by atoms with Gasteiger partial charge in [-0.15, -0.1) is 11.3 Å². The topological polar surface area (TPSA) is 25.8 Å². The molecule has 0 N–H and O–H groups in total. The number of fused-ring (bicyclic) bond motifs is 7. The Morgan fingerprint density at radius 1 is 0.284 bits per heavy atom. The van der Waals surface area contributed by atoms with Crippen LogP contribution in [0.2, 0.25) is 0 Å². The van der Waals surface area contributed by atoms with E-state index in [2.05, 4.69) is 224 Å². The second-order valence-corrected chi connectivity index (χ2v) is 18.3. The molecule has 312 valence electrons. The van der Waals surface area contributed by atoms with Crippen molar-refractivity contribution in [2.45, 2.75) is 0 Å². The van der Waals surface area contributed by atoms with Gasteiger partial charge >= 0.3 is 0 Å². The third-order valence-corrected chi connectivity index (χ3v) is 14.5. The van der Waals surface area contributed by atoms with E-state index in [1.54, 1.807) is 0 Å². The van der Waals surface area contributed by atoms with Crippen LogP contribution in [-0.4, -0.2) is 9.97 Å². The molecule has 0 bridgehead atoms. The maximum absolute atomic E-state index is 5.15. The highest BCUT2D eigenvalue weighted by Crippen LogP contribution is 2.47. The Morgan fingerprint density at radius 2 is 0.776 bits per heavy atom. The molecule has 0 spiro atoms. The molecule has 3 heteroatoms. The Bertz CT molecular complexity index is 3990. The summed E-state index contributed by atoms with van der Waals surface area (Å²) in [7, 11) is 0. The number of hydrogen-bond acceptors (Lipinski definition) is 3. The van der Waals surface area contributed by atoms with Crippen LogP contribution in [0.3, 0.4) is 0 Å². The lowest BCUT2D eigenvalue weighted by Gasteiger charge is -2.19. The van der Waals surface area contributed by atoms with Gasteiger partial charge in [-0.3, -0.25) is 0 Å². The smallest absolute Gasteiger partial charge is 0.160 e. The molecular formula is C64H40N2S. The van der Waals surface area contributed by atoms with E-state index in [0.717, 1.165) is 39.2 Å². The van der Waals surface area contributed by atoms with Crippen molar-refractivity contribution in [2.24, 2.45) is 0 Å². The largest absolute Gasteiger partial charge is 0.228 e. The van der Waals surface area contributed by atoms with Crippen LogP contribution >= 0.6 is 11.3 Å². The molecule has 67 heavy (non-hydrogen) atoms. The Labute approximate surface area is 392 Å². The Morgan fingerprint density at radius 3 is 1.45 bits per heavy atom. The molecule has 0 radical (unpaired) electrons. The standard InChI is InChI=1S/C64H40N2S/c1-3-15-47(16-4-1)60-53-21-9-10-22-54(53)61(62-50-19-8-7-14-43(50)38-39-56(60)62)48-36-28-42(29-37-48)41-26-32-45(33-27-41)57-40-58(66-64(65-57)49-17-5-2-6-18-49)46-34-30-44(31-35-46)51-23-13-24-55-52-20-11-12-25-59(52)67-63(51)55/h1-40H. The Kier molecular flexibility index (Phi) is 9.40. The zero-order valence-corrected chi connectivity index (χ0v) is 37.2. The van der Waals surface area contributed by atoms with Crippen molar-refractivity contribution >= 4 is 63.8 Å². The maximum Gasteiger partial charge on any atom is 0.160 e. The van der Waals surface area contributed by atoms with Crippen molar-refractivity contribution in [3.63, 3.8) is 0 Å². The minimum Gasteiger partial charge on any atom is -0.228 e. The van der Waals surface area contributed by atoms with Gasteiger partial charge in [-0.1, -0.05) is 231 Å². The first-order valence-corrected chi connectivity index (χ1v) is 23.6. The summed E-state index contributed by atoms with van der Waals surface area (Å²) in [6, 6.07) is 87.6. The lowest BCUT2D eigenvalue weighted by atomic mass is 9.84.